The lowest BCUT2D eigenvalue weighted by Crippen LogP contribution is -2.43. The van der Waals surface area contributed by atoms with Gasteiger partial charge in [-0.25, -0.2) is 35.4 Å². The number of rotatable bonds is 5. The third-order valence-corrected chi connectivity index (χ3v) is 10.6. The maximum Gasteiger partial charge on any atom is 0.330 e. The Morgan fingerprint density at radius 2 is 1.30 bits per heavy atom. The van der Waals surface area contributed by atoms with Crippen molar-refractivity contribution in [3.05, 3.63) is 84.2 Å². The SMILES string of the molecule is Cn1cc(S(=O)(=O)N2CCC[C@@H]2c2nc3ccccc3n2S(=O)(=O)c2cn(C)c(=O)n(C)c2=O)c(=O)n(C)c1=O. The van der Waals surface area contributed by atoms with Crippen LogP contribution in [0.4, 0.5) is 0 Å². The van der Waals surface area contributed by atoms with Crippen molar-refractivity contribution in [1.29, 1.82) is 0 Å². The van der Waals surface area contributed by atoms with Crippen LogP contribution in [0.1, 0.15) is 24.7 Å². The lowest BCUT2D eigenvalue weighted by atomic mass is 10.2. The fraction of sp³-hybridized carbons (Fsp3) is 0.348. The quantitative estimate of drug-likeness (QED) is 0.270. The third kappa shape index (κ3) is 3.91. The molecule has 1 saturated heterocycles. The minimum atomic E-state index is -4.72. The van der Waals surface area contributed by atoms with E-state index in [4.69, 9.17) is 0 Å². The predicted molar refractivity (Wildman–Crippen MR) is 142 cm³/mol. The molecule has 0 aliphatic carbocycles. The molecule has 40 heavy (non-hydrogen) atoms. The molecule has 1 fully saturated rings. The smallest absolute Gasteiger partial charge is 0.302 e. The lowest BCUT2D eigenvalue weighted by Gasteiger charge is -2.24. The zero-order valence-corrected chi connectivity index (χ0v) is 23.5. The monoisotopic (exact) mass is 591 g/mol. The van der Waals surface area contributed by atoms with Gasteiger partial charge in [-0.2, -0.15) is 4.31 Å². The molecule has 0 spiro atoms. The molecule has 212 valence electrons. The maximum atomic E-state index is 14.1. The maximum absolute atomic E-state index is 14.1. The van der Waals surface area contributed by atoms with Gasteiger partial charge in [0.15, 0.2) is 9.79 Å². The number of fused-ring (bicyclic) bond motifs is 1. The van der Waals surface area contributed by atoms with Gasteiger partial charge in [-0.3, -0.25) is 18.7 Å². The Morgan fingerprint density at radius 3 is 1.88 bits per heavy atom. The molecule has 0 radical (unpaired) electrons. The van der Waals surface area contributed by atoms with Crippen molar-refractivity contribution >= 4 is 31.1 Å². The molecule has 1 aromatic carbocycles. The van der Waals surface area contributed by atoms with E-state index in [1.54, 1.807) is 18.2 Å². The van der Waals surface area contributed by atoms with Crippen LogP contribution in [0.5, 0.6) is 0 Å². The van der Waals surface area contributed by atoms with Crippen LogP contribution in [0.2, 0.25) is 0 Å². The van der Waals surface area contributed by atoms with Gasteiger partial charge in [0.25, 0.3) is 31.2 Å². The van der Waals surface area contributed by atoms with Gasteiger partial charge in [0, 0.05) is 47.1 Å². The average molecular weight is 592 g/mol. The minimum absolute atomic E-state index is 0.0517. The third-order valence-electron chi connectivity index (χ3n) is 6.98. The van der Waals surface area contributed by atoms with E-state index in [0.29, 0.717) is 15.6 Å². The van der Waals surface area contributed by atoms with E-state index in [1.165, 1.54) is 20.2 Å². The molecule has 17 heteroatoms. The van der Waals surface area contributed by atoms with Gasteiger partial charge in [0.05, 0.1) is 17.1 Å². The number of aryl methyl sites for hydroxylation is 2. The van der Waals surface area contributed by atoms with Crippen molar-refractivity contribution < 1.29 is 16.8 Å². The first-order valence-corrected chi connectivity index (χ1v) is 14.9. The Kier molecular flexibility index (Phi) is 6.35. The normalized spacial score (nSPS) is 16.6. The topological polar surface area (TPSA) is 177 Å². The van der Waals surface area contributed by atoms with E-state index < -0.39 is 58.4 Å². The van der Waals surface area contributed by atoms with Gasteiger partial charge in [0.2, 0.25) is 0 Å². The Labute approximate surface area is 226 Å². The second kappa shape index (κ2) is 9.24. The average Bonchev–Trinajstić information content (AvgIpc) is 3.56. The number of aromatic nitrogens is 6. The Bertz CT molecular complexity index is 2170. The minimum Gasteiger partial charge on any atom is -0.302 e. The largest absolute Gasteiger partial charge is 0.330 e. The van der Waals surface area contributed by atoms with Crippen LogP contribution in [0.25, 0.3) is 11.0 Å². The highest BCUT2D eigenvalue weighted by Gasteiger charge is 2.42. The van der Waals surface area contributed by atoms with Gasteiger partial charge in [-0.1, -0.05) is 12.1 Å². The van der Waals surface area contributed by atoms with Gasteiger partial charge < -0.3 is 9.13 Å². The van der Waals surface area contributed by atoms with Crippen molar-refractivity contribution in [3.8, 4) is 0 Å². The van der Waals surface area contributed by atoms with Crippen LogP contribution >= 0.6 is 0 Å². The van der Waals surface area contributed by atoms with Crippen LogP contribution in [-0.2, 0) is 48.2 Å². The van der Waals surface area contributed by atoms with Crippen molar-refractivity contribution in [2.75, 3.05) is 6.54 Å². The van der Waals surface area contributed by atoms with E-state index in [-0.39, 0.29) is 29.8 Å². The van der Waals surface area contributed by atoms with Gasteiger partial charge in [0.1, 0.15) is 5.82 Å². The van der Waals surface area contributed by atoms with Crippen LogP contribution in [0.15, 0.2) is 65.6 Å². The van der Waals surface area contributed by atoms with Crippen molar-refractivity contribution in [2.45, 2.75) is 28.7 Å². The molecule has 4 aromatic rings. The fourth-order valence-electron chi connectivity index (χ4n) is 4.90. The zero-order chi connectivity index (χ0) is 29.3. The van der Waals surface area contributed by atoms with Gasteiger partial charge >= 0.3 is 11.4 Å². The molecular weight excluding hydrogens is 566 g/mol. The number of hydrogen-bond donors (Lipinski definition) is 0. The molecule has 0 unspecified atom stereocenters. The predicted octanol–water partition coefficient (Wildman–Crippen LogP) is -1.41. The number of sulfonamides is 1. The first kappa shape index (κ1) is 27.5. The molecule has 5 rings (SSSR count). The molecule has 1 atom stereocenters. The van der Waals surface area contributed by atoms with Crippen LogP contribution < -0.4 is 22.5 Å². The van der Waals surface area contributed by atoms with Crippen molar-refractivity contribution in [3.63, 3.8) is 0 Å². The van der Waals surface area contributed by atoms with E-state index in [9.17, 15) is 36.0 Å². The number of nitrogens with zero attached hydrogens (tertiary/aromatic N) is 7. The first-order chi connectivity index (χ1) is 18.7. The lowest BCUT2D eigenvalue weighted by molar-refractivity contribution is 0.381. The Balaban J connectivity index is 1.77. The number of imidazole rings is 1. The first-order valence-electron chi connectivity index (χ1n) is 12.0. The highest BCUT2D eigenvalue weighted by Crippen LogP contribution is 2.38. The second-order valence-corrected chi connectivity index (χ2v) is 13.1. The summed E-state index contributed by atoms with van der Waals surface area (Å²) in [5.74, 6) is -0.181. The molecular formula is C23H25N7O8S2. The molecule has 0 amide bonds. The Hall–Kier alpha value is -4.09. The highest BCUT2D eigenvalue weighted by molar-refractivity contribution is 7.90. The van der Waals surface area contributed by atoms with E-state index in [1.807, 2.05) is 0 Å². The fourth-order valence-corrected chi connectivity index (χ4v) is 8.37. The Morgan fingerprint density at radius 1 is 0.775 bits per heavy atom. The summed E-state index contributed by atoms with van der Waals surface area (Å²) in [5.41, 5.74) is -3.21. The highest BCUT2D eigenvalue weighted by atomic mass is 32.2. The summed E-state index contributed by atoms with van der Waals surface area (Å²) >= 11 is 0. The van der Waals surface area contributed by atoms with E-state index in [2.05, 4.69) is 4.98 Å². The van der Waals surface area contributed by atoms with E-state index in [0.717, 1.165) is 43.9 Å². The molecule has 15 nitrogen and oxygen atoms in total. The van der Waals surface area contributed by atoms with Crippen LogP contribution in [-0.4, -0.2) is 54.9 Å². The number of para-hydroxylation sites is 2. The molecule has 3 aromatic heterocycles. The molecule has 0 bridgehead atoms. The molecule has 0 saturated carbocycles. The summed E-state index contributed by atoms with van der Waals surface area (Å²) in [6, 6.07) is 5.06. The van der Waals surface area contributed by atoms with Crippen molar-refractivity contribution in [1.82, 2.24) is 31.5 Å². The second-order valence-electron chi connectivity index (χ2n) is 9.50. The standard InChI is InChI=1S/C23H25N7O8S2/c1-25-12-17(20(31)27(3)22(25)33)39(35,36)29-11-7-10-16(29)19-24-14-8-5-6-9-15(14)30(19)40(37,38)18-13-26(2)23(34)28(4)21(18)32/h5-6,8-9,12-13,16H,7,10-11H2,1-4H3/t16-/m1/s1. The molecule has 4 heterocycles. The number of hydrogen-bond acceptors (Lipinski definition) is 9. The number of benzene rings is 1. The molecule has 0 N–H and O–H groups in total. The summed E-state index contributed by atoms with van der Waals surface area (Å²) in [7, 11) is -4.34. The van der Waals surface area contributed by atoms with Crippen LogP contribution in [0.3, 0.4) is 0 Å². The summed E-state index contributed by atoms with van der Waals surface area (Å²) in [4.78, 5) is 53.3. The van der Waals surface area contributed by atoms with Crippen molar-refractivity contribution in [2.24, 2.45) is 28.2 Å². The summed E-state index contributed by atoms with van der Waals surface area (Å²) in [5, 5.41) is 0. The summed E-state index contributed by atoms with van der Waals surface area (Å²) in [6.45, 7) is -0.0517. The van der Waals surface area contributed by atoms with E-state index >= 15 is 0 Å². The van der Waals surface area contributed by atoms with Crippen LogP contribution in [0, 0.1) is 0 Å². The zero-order valence-electron chi connectivity index (χ0n) is 21.9. The summed E-state index contributed by atoms with van der Waals surface area (Å²) < 4.78 is 60.8. The summed E-state index contributed by atoms with van der Waals surface area (Å²) in [6.07, 6.45) is 2.33. The molecule has 1 aliphatic rings. The van der Waals surface area contributed by atoms with Gasteiger partial charge in [-0.15, -0.1) is 0 Å². The van der Waals surface area contributed by atoms with Gasteiger partial charge in [-0.05, 0) is 25.0 Å². The molecule has 1 aliphatic heterocycles.